The fourth-order valence-electron chi connectivity index (χ4n) is 5.36. The Kier molecular flexibility index (Phi) is 7.06. The summed E-state index contributed by atoms with van der Waals surface area (Å²) in [5.41, 5.74) is 7.43. The van der Waals surface area contributed by atoms with Gasteiger partial charge >= 0.3 is 5.97 Å². The molecule has 0 saturated heterocycles. The van der Waals surface area contributed by atoms with Crippen LogP contribution in [0.4, 0.5) is 5.82 Å². The lowest BCUT2D eigenvalue weighted by Crippen LogP contribution is -2.21. The molecule has 0 atom stereocenters. The Morgan fingerprint density at radius 1 is 0.976 bits per heavy atom. The molecule has 0 unspecified atom stereocenters. The number of carbonyl (C=O) groups is 1. The van der Waals surface area contributed by atoms with Gasteiger partial charge in [-0.25, -0.2) is 14.8 Å². The molecule has 2 heterocycles. The van der Waals surface area contributed by atoms with Gasteiger partial charge in [-0.05, 0) is 62.4 Å². The van der Waals surface area contributed by atoms with Crippen molar-refractivity contribution in [1.82, 2.24) is 9.55 Å². The van der Waals surface area contributed by atoms with Gasteiger partial charge in [0.2, 0.25) is 5.43 Å². The van der Waals surface area contributed by atoms with Crippen LogP contribution in [0.25, 0.3) is 22.0 Å². The summed E-state index contributed by atoms with van der Waals surface area (Å²) in [5, 5.41) is 0.532. The van der Waals surface area contributed by atoms with Gasteiger partial charge in [0.1, 0.15) is 5.56 Å². The number of pyridine rings is 2. The second kappa shape index (κ2) is 11.0. The zero-order valence-corrected chi connectivity index (χ0v) is 23.4. The number of nitrogens with zero attached hydrogens (tertiary/aromatic N) is 3. The molecule has 1 aliphatic rings. The second-order valence-corrected chi connectivity index (χ2v) is 10.4. The van der Waals surface area contributed by atoms with Crippen LogP contribution in [0.3, 0.4) is 0 Å². The van der Waals surface area contributed by atoms with Gasteiger partial charge in [0, 0.05) is 40.5 Å². The lowest BCUT2D eigenvalue weighted by atomic mass is 9.96. The molecule has 1 aliphatic carbocycles. The van der Waals surface area contributed by atoms with Crippen LogP contribution in [0, 0.1) is 13.8 Å². The van der Waals surface area contributed by atoms with Crippen LogP contribution in [0.2, 0.25) is 0 Å². The summed E-state index contributed by atoms with van der Waals surface area (Å²) in [4.78, 5) is 35.7. The van der Waals surface area contributed by atoms with Crippen molar-refractivity contribution in [2.75, 3.05) is 6.61 Å². The molecule has 6 nitrogen and oxygen atoms in total. The summed E-state index contributed by atoms with van der Waals surface area (Å²) in [6.07, 6.45) is 5.57. The van der Waals surface area contributed by atoms with E-state index >= 15 is 0 Å². The highest BCUT2D eigenvalue weighted by Crippen LogP contribution is 2.39. The number of fused-ring (bicyclic) bond motifs is 1. The Morgan fingerprint density at radius 2 is 1.63 bits per heavy atom. The maximum Gasteiger partial charge on any atom is 0.343 e. The average Bonchev–Trinajstić information content (AvgIpc) is 3.84. The highest BCUT2D eigenvalue weighted by Gasteiger charge is 2.28. The maximum atomic E-state index is 13.3. The monoisotopic (exact) mass is 541 g/mol. The SMILES string of the molecule is CCOC(=O)c1cn(C2CC2)c2c(C)c(-c3cnc(N=C(c4ccccc4)c4ccccc4)c(C)c3)ccc2c1=O. The molecule has 6 rings (SSSR count). The molecular formula is C35H31N3O3. The van der Waals surface area contributed by atoms with E-state index in [0.717, 1.165) is 57.5 Å². The molecule has 1 saturated carbocycles. The molecule has 5 aromatic rings. The summed E-state index contributed by atoms with van der Waals surface area (Å²) >= 11 is 0. The minimum absolute atomic E-state index is 0.0887. The van der Waals surface area contributed by atoms with E-state index in [0.29, 0.717) is 11.2 Å². The first-order chi connectivity index (χ1) is 20.0. The molecule has 0 aliphatic heterocycles. The van der Waals surface area contributed by atoms with Crippen molar-refractivity contribution < 1.29 is 9.53 Å². The van der Waals surface area contributed by atoms with Gasteiger partial charge in [-0.2, -0.15) is 0 Å². The minimum atomic E-state index is -0.572. The van der Waals surface area contributed by atoms with Crippen molar-refractivity contribution in [2.45, 2.75) is 39.7 Å². The number of esters is 1. The van der Waals surface area contributed by atoms with E-state index in [2.05, 4.69) is 34.9 Å². The number of carbonyl (C=O) groups excluding carboxylic acids is 1. The molecule has 41 heavy (non-hydrogen) atoms. The predicted octanol–water partition coefficient (Wildman–Crippen LogP) is 7.36. The lowest BCUT2D eigenvalue weighted by molar-refractivity contribution is 0.0524. The van der Waals surface area contributed by atoms with Crippen molar-refractivity contribution in [3.05, 3.63) is 129 Å². The number of aliphatic imine (C=N–C) groups is 1. The molecule has 0 radical (unpaired) electrons. The van der Waals surface area contributed by atoms with Crippen LogP contribution in [-0.2, 0) is 4.74 Å². The summed E-state index contributed by atoms with van der Waals surface area (Å²) < 4.78 is 7.26. The molecule has 204 valence electrons. The van der Waals surface area contributed by atoms with Gasteiger partial charge in [-0.3, -0.25) is 4.79 Å². The molecule has 0 amide bonds. The fraction of sp³-hybridized carbons (Fsp3) is 0.200. The first-order valence-corrected chi connectivity index (χ1v) is 14.0. The van der Waals surface area contributed by atoms with Crippen molar-refractivity contribution >= 4 is 28.4 Å². The van der Waals surface area contributed by atoms with Gasteiger partial charge in [-0.15, -0.1) is 0 Å². The first kappa shape index (κ1) is 26.4. The van der Waals surface area contributed by atoms with E-state index in [1.54, 1.807) is 13.1 Å². The number of ether oxygens (including phenoxy) is 1. The van der Waals surface area contributed by atoms with E-state index < -0.39 is 5.97 Å². The predicted molar refractivity (Wildman–Crippen MR) is 163 cm³/mol. The molecule has 0 spiro atoms. The number of benzene rings is 3. The minimum Gasteiger partial charge on any atom is -0.462 e. The number of hydrogen-bond acceptors (Lipinski definition) is 5. The summed E-state index contributed by atoms with van der Waals surface area (Å²) in [6, 6.07) is 26.4. The van der Waals surface area contributed by atoms with Gasteiger partial charge in [0.15, 0.2) is 5.82 Å². The van der Waals surface area contributed by atoms with Gasteiger partial charge in [0.25, 0.3) is 0 Å². The van der Waals surface area contributed by atoms with Crippen LogP contribution in [-0.4, -0.2) is 27.8 Å². The third-order valence-corrected chi connectivity index (χ3v) is 7.56. The van der Waals surface area contributed by atoms with Crippen molar-refractivity contribution in [2.24, 2.45) is 4.99 Å². The summed E-state index contributed by atoms with van der Waals surface area (Å²) in [6.45, 7) is 6.02. The van der Waals surface area contributed by atoms with Crippen LogP contribution in [0.5, 0.6) is 0 Å². The van der Waals surface area contributed by atoms with Crippen LogP contribution < -0.4 is 5.43 Å². The maximum absolute atomic E-state index is 13.3. The van der Waals surface area contributed by atoms with E-state index in [4.69, 9.17) is 14.7 Å². The van der Waals surface area contributed by atoms with E-state index in [-0.39, 0.29) is 23.6 Å². The normalized spacial score (nSPS) is 12.8. The highest BCUT2D eigenvalue weighted by atomic mass is 16.5. The zero-order chi connectivity index (χ0) is 28.5. The lowest BCUT2D eigenvalue weighted by Gasteiger charge is -2.17. The Hall–Kier alpha value is -4.84. The quantitative estimate of drug-likeness (QED) is 0.159. The topological polar surface area (TPSA) is 73.6 Å². The number of aryl methyl sites for hydroxylation is 2. The molecule has 6 heteroatoms. The van der Waals surface area contributed by atoms with Crippen molar-refractivity contribution in [3.63, 3.8) is 0 Å². The van der Waals surface area contributed by atoms with Crippen molar-refractivity contribution in [3.8, 4) is 11.1 Å². The standard InChI is InChI=1S/C35H31N3O3/c1-4-41-35(40)30-21-38(27-15-16-27)32-23(3)28(17-18-29(32)33(30)39)26-19-22(2)34(36-20-26)37-31(24-11-7-5-8-12-24)25-13-9-6-10-14-25/h5-14,17-21,27H,4,15-16H2,1-3H3. The Bertz CT molecular complexity index is 1810. The van der Waals surface area contributed by atoms with Crippen LogP contribution >= 0.6 is 0 Å². The summed E-state index contributed by atoms with van der Waals surface area (Å²) in [7, 11) is 0. The third-order valence-electron chi connectivity index (χ3n) is 7.56. The van der Waals surface area contributed by atoms with Gasteiger partial charge in [0.05, 0.1) is 17.8 Å². The fourth-order valence-corrected chi connectivity index (χ4v) is 5.36. The largest absolute Gasteiger partial charge is 0.462 e. The average molecular weight is 542 g/mol. The molecule has 1 fully saturated rings. The Morgan fingerprint density at radius 3 is 2.22 bits per heavy atom. The number of aromatic nitrogens is 2. The van der Waals surface area contributed by atoms with Crippen molar-refractivity contribution in [1.29, 1.82) is 0 Å². The first-order valence-electron chi connectivity index (χ1n) is 14.0. The smallest absolute Gasteiger partial charge is 0.343 e. The Labute approximate surface area is 239 Å². The van der Waals surface area contributed by atoms with Gasteiger partial charge < -0.3 is 9.30 Å². The van der Waals surface area contributed by atoms with E-state index in [1.807, 2.05) is 68.6 Å². The zero-order valence-electron chi connectivity index (χ0n) is 23.4. The van der Waals surface area contributed by atoms with E-state index in [1.165, 1.54) is 0 Å². The highest BCUT2D eigenvalue weighted by molar-refractivity contribution is 6.13. The third kappa shape index (κ3) is 5.09. The molecular weight excluding hydrogens is 510 g/mol. The van der Waals surface area contributed by atoms with Crippen LogP contribution in [0.1, 0.15) is 58.4 Å². The Balaban J connectivity index is 1.45. The molecule has 0 bridgehead atoms. The summed E-state index contributed by atoms with van der Waals surface area (Å²) in [5.74, 6) is 0.0840. The van der Waals surface area contributed by atoms with E-state index in [9.17, 15) is 9.59 Å². The van der Waals surface area contributed by atoms with Crippen LogP contribution in [0.15, 0.2) is 101 Å². The number of hydrogen-bond donors (Lipinski definition) is 0. The molecule has 0 N–H and O–H groups in total. The molecule has 2 aromatic heterocycles. The molecule has 3 aromatic carbocycles. The number of rotatable bonds is 7. The second-order valence-electron chi connectivity index (χ2n) is 10.4. The van der Waals surface area contributed by atoms with Gasteiger partial charge in [-0.1, -0.05) is 66.7 Å².